The van der Waals surface area contributed by atoms with Gasteiger partial charge in [-0.25, -0.2) is 0 Å². The van der Waals surface area contributed by atoms with E-state index in [9.17, 15) is 0 Å². The first-order chi connectivity index (χ1) is 21.1. The molecule has 0 bridgehead atoms. The van der Waals surface area contributed by atoms with Crippen molar-refractivity contribution in [1.29, 1.82) is 0 Å². The molecule has 0 nitrogen and oxygen atoms in total. The van der Waals surface area contributed by atoms with Gasteiger partial charge in [0, 0.05) is 5.41 Å². The number of benzene rings is 8. The van der Waals surface area contributed by atoms with Crippen LogP contribution in [0.3, 0.4) is 0 Å². The van der Waals surface area contributed by atoms with Gasteiger partial charge in [-0.2, -0.15) is 0 Å². The van der Waals surface area contributed by atoms with Crippen molar-refractivity contribution < 1.29 is 0 Å². The van der Waals surface area contributed by atoms with Crippen molar-refractivity contribution in [3.05, 3.63) is 144 Å². The zero-order chi connectivity index (χ0) is 28.7. The number of rotatable bonds is 2. The van der Waals surface area contributed by atoms with Crippen LogP contribution < -0.4 is 10.4 Å². The zero-order valence-electron chi connectivity index (χ0n) is 24.4. The molecule has 0 amide bonds. The second-order valence-corrected chi connectivity index (χ2v) is 12.6. The lowest BCUT2D eigenvalue weighted by Crippen LogP contribution is -2.27. The molecule has 0 spiro atoms. The SMILES string of the molecule is CC1(C)C=c2c(-c3cccc4ccccc34)c3ccccc3c(-c3cc4cc5ccccc5cc4c4ccccc34)c2=C1. The molecule has 0 atom stereocenters. The van der Waals surface area contributed by atoms with Crippen molar-refractivity contribution in [2.24, 2.45) is 5.41 Å². The third-order valence-corrected chi connectivity index (χ3v) is 9.38. The van der Waals surface area contributed by atoms with Gasteiger partial charge in [0.05, 0.1) is 0 Å². The highest BCUT2D eigenvalue weighted by atomic mass is 14.3. The van der Waals surface area contributed by atoms with E-state index in [1.54, 1.807) is 0 Å². The summed E-state index contributed by atoms with van der Waals surface area (Å²) in [5, 5.41) is 15.6. The van der Waals surface area contributed by atoms with Crippen LogP contribution in [0.15, 0.2) is 133 Å². The molecule has 0 saturated carbocycles. The summed E-state index contributed by atoms with van der Waals surface area (Å²) in [5.74, 6) is 0. The van der Waals surface area contributed by atoms with Gasteiger partial charge in [0.25, 0.3) is 0 Å². The molecule has 0 saturated heterocycles. The van der Waals surface area contributed by atoms with Crippen LogP contribution in [0.2, 0.25) is 0 Å². The van der Waals surface area contributed by atoms with E-state index >= 15 is 0 Å². The van der Waals surface area contributed by atoms with E-state index in [0.717, 1.165) is 0 Å². The summed E-state index contributed by atoms with van der Waals surface area (Å²) in [4.78, 5) is 0. The quantitative estimate of drug-likeness (QED) is 0.149. The lowest BCUT2D eigenvalue weighted by atomic mass is 9.85. The summed E-state index contributed by atoms with van der Waals surface area (Å²) < 4.78 is 0. The topological polar surface area (TPSA) is 0 Å². The van der Waals surface area contributed by atoms with E-state index in [-0.39, 0.29) is 5.41 Å². The maximum atomic E-state index is 2.50. The Morgan fingerprint density at radius 1 is 0.349 bits per heavy atom. The van der Waals surface area contributed by atoms with Crippen molar-refractivity contribution in [2.45, 2.75) is 13.8 Å². The summed E-state index contributed by atoms with van der Waals surface area (Å²) in [6, 6.07) is 49.4. The van der Waals surface area contributed by atoms with E-state index in [4.69, 9.17) is 0 Å². The van der Waals surface area contributed by atoms with Crippen molar-refractivity contribution in [1.82, 2.24) is 0 Å². The molecule has 0 unspecified atom stereocenters. The molecule has 43 heavy (non-hydrogen) atoms. The summed E-state index contributed by atoms with van der Waals surface area (Å²) in [5.41, 5.74) is 5.22. The van der Waals surface area contributed by atoms with Crippen LogP contribution in [0.25, 0.3) is 88.3 Å². The highest BCUT2D eigenvalue weighted by Gasteiger charge is 2.24. The predicted octanol–water partition coefficient (Wildman–Crippen LogP) is 10.4. The Morgan fingerprint density at radius 2 is 0.860 bits per heavy atom. The molecule has 0 aliphatic heterocycles. The minimum absolute atomic E-state index is 0.0589. The van der Waals surface area contributed by atoms with E-state index in [1.165, 1.54) is 86.6 Å². The molecule has 1 aliphatic rings. The minimum Gasteiger partial charge on any atom is -0.0665 e. The van der Waals surface area contributed by atoms with Crippen molar-refractivity contribution in [2.75, 3.05) is 0 Å². The fourth-order valence-electron chi connectivity index (χ4n) is 7.59. The van der Waals surface area contributed by atoms with E-state index < -0.39 is 0 Å². The zero-order valence-corrected chi connectivity index (χ0v) is 24.4. The van der Waals surface area contributed by atoms with Gasteiger partial charge >= 0.3 is 0 Å². The first-order valence-electron chi connectivity index (χ1n) is 15.2. The summed E-state index contributed by atoms with van der Waals surface area (Å²) in [6.45, 7) is 4.66. The molecule has 0 heteroatoms. The smallest absolute Gasteiger partial charge is 0.00232 e. The molecule has 8 aromatic carbocycles. The van der Waals surface area contributed by atoms with Crippen molar-refractivity contribution >= 4 is 66.0 Å². The summed E-state index contributed by atoms with van der Waals surface area (Å²) >= 11 is 0. The molecule has 0 heterocycles. The van der Waals surface area contributed by atoms with Gasteiger partial charge in [-0.15, -0.1) is 0 Å². The van der Waals surface area contributed by atoms with Crippen molar-refractivity contribution in [3.63, 3.8) is 0 Å². The van der Waals surface area contributed by atoms with Crippen LogP contribution in [0.1, 0.15) is 13.8 Å². The molecule has 202 valence electrons. The standard InChI is InChI=1S/C43H30/c1-43(2)25-39-40(26-43)42(36-20-10-9-19-35(36)41(39)34-21-11-15-27-12-5-6-16-31(27)34)38-24-30-22-28-13-3-4-14-29(28)23-37(30)32-17-7-8-18-33(32)38/h3-26H,1-2H3. The molecule has 0 fully saturated rings. The Bertz CT molecular complexity index is 2570. The van der Waals surface area contributed by atoms with Crippen molar-refractivity contribution in [3.8, 4) is 22.3 Å². The Balaban J connectivity index is 1.49. The molecule has 0 aromatic heterocycles. The molecule has 0 radical (unpaired) electrons. The fraction of sp³-hybridized carbons (Fsp3) is 0.0698. The van der Waals surface area contributed by atoms with Gasteiger partial charge in [-0.3, -0.25) is 0 Å². The van der Waals surface area contributed by atoms with Gasteiger partial charge in [0.1, 0.15) is 0 Å². The monoisotopic (exact) mass is 546 g/mol. The van der Waals surface area contributed by atoms with Gasteiger partial charge in [0.2, 0.25) is 0 Å². The number of hydrogen-bond donors (Lipinski definition) is 0. The average Bonchev–Trinajstić information content (AvgIpc) is 3.36. The number of fused-ring (bicyclic) bond motifs is 7. The third kappa shape index (κ3) is 3.63. The highest BCUT2D eigenvalue weighted by Crippen LogP contribution is 2.41. The molecule has 8 aromatic rings. The Hall–Kier alpha value is -5.20. The summed E-state index contributed by atoms with van der Waals surface area (Å²) in [7, 11) is 0. The first-order valence-corrected chi connectivity index (χ1v) is 15.2. The van der Waals surface area contributed by atoms with Crippen LogP contribution in [0.5, 0.6) is 0 Å². The highest BCUT2D eigenvalue weighted by molar-refractivity contribution is 6.20. The van der Waals surface area contributed by atoms with Crippen LogP contribution in [0, 0.1) is 5.41 Å². The Labute approximate surface area is 250 Å². The lowest BCUT2D eigenvalue weighted by Gasteiger charge is -2.18. The van der Waals surface area contributed by atoms with Gasteiger partial charge < -0.3 is 0 Å². The third-order valence-electron chi connectivity index (χ3n) is 9.38. The predicted molar refractivity (Wildman–Crippen MR) is 187 cm³/mol. The van der Waals surface area contributed by atoms with E-state index in [2.05, 4.69) is 159 Å². The molecular formula is C43H30. The molecular weight excluding hydrogens is 516 g/mol. The maximum absolute atomic E-state index is 2.50. The fourth-order valence-corrected chi connectivity index (χ4v) is 7.59. The largest absolute Gasteiger partial charge is 0.0665 e. The normalized spacial score (nSPS) is 13.9. The molecule has 1 aliphatic carbocycles. The molecule has 9 rings (SSSR count). The van der Waals surface area contributed by atoms with Gasteiger partial charge in [-0.1, -0.05) is 141 Å². The second kappa shape index (κ2) is 8.90. The Morgan fingerprint density at radius 3 is 1.56 bits per heavy atom. The number of hydrogen-bond acceptors (Lipinski definition) is 0. The van der Waals surface area contributed by atoms with Crippen LogP contribution in [-0.2, 0) is 0 Å². The maximum Gasteiger partial charge on any atom is 0.00232 e. The average molecular weight is 547 g/mol. The minimum atomic E-state index is -0.0589. The second-order valence-electron chi connectivity index (χ2n) is 12.6. The van der Waals surface area contributed by atoms with Gasteiger partial charge in [0.15, 0.2) is 0 Å². The van der Waals surface area contributed by atoms with Crippen LogP contribution in [0.4, 0.5) is 0 Å². The van der Waals surface area contributed by atoms with Crippen LogP contribution in [-0.4, -0.2) is 0 Å². The van der Waals surface area contributed by atoms with E-state index in [1.807, 2.05) is 0 Å². The Kier molecular flexibility index (Phi) is 5.05. The lowest BCUT2D eigenvalue weighted by molar-refractivity contribution is 0.724. The molecule has 0 N–H and O–H groups in total. The van der Waals surface area contributed by atoms with Gasteiger partial charge in [-0.05, 0) is 105 Å². The first kappa shape index (κ1) is 24.4. The van der Waals surface area contributed by atoms with Crippen LogP contribution >= 0.6 is 0 Å². The summed E-state index contributed by atoms with van der Waals surface area (Å²) in [6.07, 6.45) is 4.99. The van der Waals surface area contributed by atoms with E-state index in [0.29, 0.717) is 0 Å².